The first-order valence-corrected chi connectivity index (χ1v) is 6.39. The number of para-hydroxylation sites is 1. The van der Waals surface area contributed by atoms with E-state index in [9.17, 15) is 14.4 Å². The zero-order chi connectivity index (χ0) is 13.8. The predicted molar refractivity (Wildman–Crippen MR) is 70.5 cm³/mol. The molecule has 0 radical (unpaired) electrons. The lowest BCUT2D eigenvalue weighted by molar-refractivity contribution is -0.134. The van der Waals surface area contributed by atoms with E-state index in [-0.39, 0.29) is 0 Å². The smallest absolute Gasteiger partial charge is 0.277 e. The predicted octanol–water partition coefficient (Wildman–Crippen LogP) is 2.08. The van der Waals surface area contributed by atoms with Gasteiger partial charge in [-0.2, -0.15) is 0 Å². The average Bonchev–Trinajstić information content (AvgIpc) is 2.39. The van der Waals surface area contributed by atoms with Crippen molar-refractivity contribution >= 4 is 23.5 Å². The van der Waals surface area contributed by atoms with Crippen LogP contribution in [0.2, 0.25) is 0 Å². The molecule has 100 valence electrons. The Morgan fingerprint density at radius 1 is 1.16 bits per heavy atom. The summed E-state index contributed by atoms with van der Waals surface area (Å²) in [7, 11) is 0. The van der Waals surface area contributed by atoms with Gasteiger partial charge in [-0.15, -0.1) is 0 Å². The van der Waals surface area contributed by atoms with Gasteiger partial charge in [-0.25, -0.2) is 9.69 Å². The summed E-state index contributed by atoms with van der Waals surface area (Å²) in [5.41, 5.74) is 0.485. The lowest BCUT2D eigenvalue weighted by Gasteiger charge is -2.30. The first kappa shape index (κ1) is 13.3. The van der Waals surface area contributed by atoms with E-state index in [0.717, 1.165) is 17.7 Å². The van der Waals surface area contributed by atoms with Crippen LogP contribution >= 0.6 is 0 Å². The van der Waals surface area contributed by atoms with Gasteiger partial charge in [0, 0.05) is 0 Å². The van der Waals surface area contributed by atoms with Crippen LogP contribution in [0.4, 0.5) is 10.5 Å². The number of nitrogens with zero attached hydrogens (tertiary/aromatic N) is 1. The summed E-state index contributed by atoms with van der Waals surface area (Å²) in [5, 5.41) is 2.24. The molecule has 1 fully saturated rings. The first-order valence-electron chi connectivity index (χ1n) is 6.39. The van der Waals surface area contributed by atoms with E-state index in [2.05, 4.69) is 5.32 Å². The van der Waals surface area contributed by atoms with Gasteiger partial charge in [0.1, 0.15) is 5.92 Å². The van der Waals surface area contributed by atoms with Crippen LogP contribution < -0.4 is 10.2 Å². The molecule has 1 aromatic carbocycles. The first-order chi connectivity index (χ1) is 9.15. The van der Waals surface area contributed by atoms with E-state index in [0.29, 0.717) is 12.1 Å². The van der Waals surface area contributed by atoms with Gasteiger partial charge in [0.2, 0.25) is 11.8 Å². The van der Waals surface area contributed by atoms with Crippen LogP contribution in [0.1, 0.15) is 26.2 Å². The molecule has 0 spiro atoms. The molecule has 1 heterocycles. The molecule has 5 nitrogen and oxygen atoms in total. The van der Waals surface area contributed by atoms with Crippen LogP contribution in [0.15, 0.2) is 30.3 Å². The Balaban J connectivity index is 2.26. The number of unbranched alkanes of at least 4 members (excludes halogenated alkanes) is 1. The Morgan fingerprint density at radius 2 is 1.84 bits per heavy atom. The van der Waals surface area contributed by atoms with Crippen molar-refractivity contribution in [2.24, 2.45) is 5.92 Å². The topological polar surface area (TPSA) is 66.5 Å². The highest BCUT2D eigenvalue weighted by atomic mass is 16.2. The molecular weight excluding hydrogens is 244 g/mol. The molecule has 19 heavy (non-hydrogen) atoms. The van der Waals surface area contributed by atoms with Crippen LogP contribution in [-0.4, -0.2) is 17.8 Å². The Hall–Kier alpha value is -2.17. The van der Waals surface area contributed by atoms with E-state index < -0.39 is 23.8 Å². The standard InChI is InChI=1S/C14H16N2O3/c1-2-3-9-11-12(17)15-14(19)16(13(11)18)10-7-5-4-6-8-10/h4-8,11H,2-3,9H2,1H3,(H,15,17,19)/t11-/m0/s1. The van der Waals surface area contributed by atoms with E-state index in [4.69, 9.17) is 0 Å². The van der Waals surface area contributed by atoms with Gasteiger partial charge in [-0.3, -0.25) is 14.9 Å². The molecule has 1 aliphatic rings. The number of rotatable bonds is 4. The lowest BCUT2D eigenvalue weighted by atomic mass is 9.97. The number of anilines is 1. The van der Waals surface area contributed by atoms with Crippen molar-refractivity contribution in [2.75, 3.05) is 4.90 Å². The fourth-order valence-electron chi connectivity index (χ4n) is 2.10. The van der Waals surface area contributed by atoms with Gasteiger partial charge in [-0.1, -0.05) is 38.0 Å². The van der Waals surface area contributed by atoms with Gasteiger partial charge in [-0.05, 0) is 18.6 Å². The quantitative estimate of drug-likeness (QED) is 0.843. The van der Waals surface area contributed by atoms with Crippen molar-refractivity contribution in [3.05, 3.63) is 30.3 Å². The molecule has 1 atom stereocenters. The molecule has 1 N–H and O–H groups in total. The minimum absolute atomic E-state index is 0.437. The van der Waals surface area contributed by atoms with Crippen molar-refractivity contribution in [3.8, 4) is 0 Å². The van der Waals surface area contributed by atoms with Crippen molar-refractivity contribution < 1.29 is 14.4 Å². The molecule has 1 aliphatic heterocycles. The molecule has 2 rings (SSSR count). The second-order valence-corrected chi connectivity index (χ2v) is 4.50. The average molecular weight is 260 g/mol. The highest BCUT2D eigenvalue weighted by Crippen LogP contribution is 2.22. The van der Waals surface area contributed by atoms with Gasteiger partial charge in [0.25, 0.3) is 0 Å². The van der Waals surface area contributed by atoms with Crippen molar-refractivity contribution in [1.29, 1.82) is 0 Å². The number of carbonyl (C=O) groups excluding carboxylic acids is 3. The Kier molecular flexibility index (Phi) is 3.94. The summed E-state index contributed by atoms with van der Waals surface area (Å²) in [6, 6.07) is 7.96. The third-order valence-corrected chi connectivity index (χ3v) is 3.13. The minimum atomic E-state index is -0.766. The maximum atomic E-state index is 12.3. The molecule has 5 heteroatoms. The Labute approximate surface area is 111 Å². The monoisotopic (exact) mass is 260 g/mol. The zero-order valence-electron chi connectivity index (χ0n) is 10.8. The van der Waals surface area contributed by atoms with Gasteiger partial charge < -0.3 is 0 Å². The molecule has 1 aromatic rings. The lowest BCUT2D eigenvalue weighted by Crippen LogP contribution is -2.58. The van der Waals surface area contributed by atoms with Crippen molar-refractivity contribution in [1.82, 2.24) is 5.32 Å². The molecule has 0 saturated carbocycles. The highest BCUT2D eigenvalue weighted by Gasteiger charge is 2.40. The fourth-order valence-corrected chi connectivity index (χ4v) is 2.10. The number of benzene rings is 1. The van der Waals surface area contributed by atoms with Crippen molar-refractivity contribution in [2.45, 2.75) is 26.2 Å². The third-order valence-electron chi connectivity index (χ3n) is 3.13. The maximum absolute atomic E-state index is 12.3. The van der Waals surface area contributed by atoms with E-state index in [1.165, 1.54) is 0 Å². The number of imide groups is 2. The van der Waals surface area contributed by atoms with Crippen LogP contribution in [-0.2, 0) is 9.59 Å². The summed E-state index contributed by atoms with van der Waals surface area (Å²) >= 11 is 0. The van der Waals surface area contributed by atoms with Gasteiger partial charge >= 0.3 is 6.03 Å². The molecule has 0 aliphatic carbocycles. The number of carbonyl (C=O) groups is 3. The number of barbiturate groups is 1. The number of hydrogen-bond acceptors (Lipinski definition) is 3. The molecule has 4 amide bonds. The molecular formula is C14H16N2O3. The summed E-state index contributed by atoms with van der Waals surface area (Å²) in [4.78, 5) is 36.9. The maximum Gasteiger partial charge on any atom is 0.335 e. The van der Waals surface area contributed by atoms with Gasteiger partial charge in [0.15, 0.2) is 0 Å². The molecule has 0 unspecified atom stereocenters. The van der Waals surface area contributed by atoms with Gasteiger partial charge in [0.05, 0.1) is 5.69 Å². The van der Waals surface area contributed by atoms with E-state index in [1.54, 1.807) is 30.3 Å². The SMILES string of the molecule is CCCC[C@H]1C(=O)NC(=O)N(c2ccccc2)C1=O. The second kappa shape index (κ2) is 5.65. The van der Waals surface area contributed by atoms with Crippen LogP contribution in [0.3, 0.4) is 0 Å². The number of urea groups is 1. The Bertz CT molecular complexity index is 499. The fraction of sp³-hybridized carbons (Fsp3) is 0.357. The summed E-state index contributed by atoms with van der Waals surface area (Å²) in [6.45, 7) is 1.99. The number of hydrogen-bond donors (Lipinski definition) is 1. The zero-order valence-corrected chi connectivity index (χ0v) is 10.8. The summed E-state index contributed by atoms with van der Waals surface area (Å²) < 4.78 is 0. The molecule has 1 saturated heterocycles. The second-order valence-electron chi connectivity index (χ2n) is 4.50. The summed E-state index contributed by atoms with van der Waals surface area (Å²) in [6.07, 6.45) is 2.15. The normalized spacial score (nSPS) is 19.5. The largest absolute Gasteiger partial charge is 0.335 e. The van der Waals surface area contributed by atoms with Crippen LogP contribution in [0.5, 0.6) is 0 Å². The van der Waals surface area contributed by atoms with Crippen LogP contribution in [0.25, 0.3) is 0 Å². The minimum Gasteiger partial charge on any atom is -0.277 e. The van der Waals surface area contributed by atoms with Crippen molar-refractivity contribution in [3.63, 3.8) is 0 Å². The Morgan fingerprint density at radius 3 is 2.47 bits per heavy atom. The third kappa shape index (κ3) is 2.65. The molecule has 0 aromatic heterocycles. The van der Waals surface area contributed by atoms with E-state index >= 15 is 0 Å². The highest BCUT2D eigenvalue weighted by molar-refractivity contribution is 6.27. The number of amides is 4. The number of nitrogens with one attached hydrogen (secondary N) is 1. The van der Waals surface area contributed by atoms with Crippen LogP contribution in [0, 0.1) is 5.92 Å². The van der Waals surface area contributed by atoms with E-state index in [1.807, 2.05) is 6.92 Å². The molecule has 0 bridgehead atoms. The summed E-state index contributed by atoms with van der Waals surface area (Å²) in [5.74, 6) is -1.69.